The summed E-state index contributed by atoms with van der Waals surface area (Å²) in [5.74, 6) is -0.152. The van der Waals surface area contributed by atoms with E-state index in [4.69, 9.17) is 0 Å². The lowest BCUT2D eigenvalue weighted by Crippen LogP contribution is -2.40. The van der Waals surface area contributed by atoms with E-state index in [1.165, 1.54) is 17.3 Å². The highest BCUT2D eigenvalue weighted by atomic mass is 16.2. The van der Waals surface area contributed by atoms with Crippen LogP contribution in [-0.4, -0.2) is 46.5 Å². The highest BCUT2D eigenvalue weighted by molar-refractivity contribution is 5.81. The summed E-state index contributed by atoms with van der Waals surface area (Å²) in [4.78, 5) is 31.2. The average molecular weight is 314 g/mol. The maximum absolute atomic E-state index is 12.5. The molecule has 1 saturated heterocycles. The molecule has 1 atom stereocenters. The van der Waals surface area contributed by atoms with Gasteiger partial charge in [-0.2, -0.15) is 0 Å². The van der Waals surface area contributed by atoms with Gasteiger partial charge in [0.1, 0.15) is 6.54 Å². The summed E-state index contributed by atoms with van der Waals surface area (Å²) < 4.78 is 1.37. The molecule has 1 aliphatic heterocycles. The fourth-order valence-corrected chi connectivity index (χ4v) is 3.13. The number of nitrogens with zero attached hydrogens (tertiary/aromatic N) is 3. The number of aromatic nitrogens is 2. The summed E-state index contributed by atoms with van der Waals surface area (Å²) in [5.41, 5.74) is 1.48. The second kappa shape index (κ2) is 6.50. The summed E-state index contributed by atoms with van der Waals surface area (Å²) in [7, 11) is 2.07. The largest absolute Gasteiger partial charge is 0.353 e. The molecular formula is C17H22N4O2. The Kier molecular flexibility index (Phi) is 4.43. The monoisotopic (exact) mass is 314 g/mol. The van der Waals surface area contributed by atoms with Crippen molar-refractivity contribution < 1.29 is 4.79 Å². The molecule has 1 aliphatic rings. The van der Waals surface area contributed by atoms with Crippen molar-refractivity contribution in [3.05, 3.63) is 40.4 Å². The van der Waals surface area contributed by atoms with Crippen molar-refractivity contribution in [1.82, 2.24) is 19.8 Å². The molecule has 2 heterocycles. The minimum Gasteiger partial charge on any atom is -0.353 e. The zero-order valence-corrected chi connectivity index (χ0v) is 13.6. The van der Waals surface area contributed by atoms with E-state index in [-0.39, 0.29) is 18.0 Å². The number of fused-ring (bicyclic) bond motifs is 1. The van der Waals surface area contributed by atoms with E-state index in [2.05, 4.69) is 22.2 Å². The van der Waals surface area contributed by atoms with Crippen molar-refractivity contribution in [2.45, 2.75) is 32.4 Å². The van der Waals surface area contributed by atoms with Crippen molar-refractivity contribution in [2.24, 2.45) is 0 Å². The molecule has 2 aromatic rings. The number of likely N-dealkylation sites (N-methyl/N-ethyl adjacent to an activating group) is 1. The smallest absolute Gasteiger partial charge is 0.261 e. The Balaban J connectivity index is 1.70. The van der Waals surface area contributed by atoms with Crippen molar-refractivity contribution in [3.63, 3.8) is 0 Å². The first-order valence-corrected chi connectivity index (χ1v) is 7.98. The van der Waals surface area contributed by atoms with Crippen molar-refractivity contribution in [3.8, 4) is 0 Å². The number of benzene rings is 1. The molecular weight excluding hydrogens is 292 g/mol. The molecule has 1 unspecified atom stereocenters. The Morgan fingerprint density at radius 3 is 3.00 bits per heavy atom. The molecule has 122 valence electrons. The van der Waals surface area contributed by atoms with Crippen molar-refractivity contribution in [1.29, 1.82) is 0 Å². The third-order valence-corrected chi connectivity index (χ3v) is 4.58. The highest BCUT2D eigenvalue weighted by Gasteiger charge is 2.21. The summed E-state index contributed by atoms with van der Waals surface area (Å²) >= 11 is 0. The molecule has 0 spiro atoms. The number of para-hydroxylation sites is 1. The molecule has 1 N–H and O–H groups in total. The van der Waals surface area contributed by atoms with Gasteiger partial charge in [0.15, 0.2) is 0 Å². The predicted octanol–water partition coefficient (Wildman–Crippen LogP) is 0.915. The van der Waals surface area contributed by atoms with Crippen LogP contribution in [0.4, 0.5) is 0 Å². The Labute approximate surface area is 135 Å². The minimum atomic E-state index is -0.174. The Morgan fingerprint density at radius 1 is 1.43 bits per heavy atom. The lowest BCUT2D eigenvalue weighted by molar-refractivity contribution is -0.121. The van der Waals surface area contributed by atoms with Crippen LogP contribution in [0.2, 0.25) is 0 Å². The molecule has 0 radical (unpaired) electrons. The number of likely N-dealkylation sites (tertiary alicyclic amines) is 1. The van der Waals surface area contributed by atoms with Gasteiger partial charge in [-0.1, -0.05) is 12.1 Å². The Bertz CT molecular complexity index is 784. The van der Waals surface area contributed by atoms with Crippen LogP contribution in [0.25, 0.3) is 10.9 Å². The number of hydrogen-bond donors (Lipinski definition) is 1. The van der Waals surface area contributed by atoms with Crippen LogP contribution in [-0.2, 0) is 11.3 Å². The van der Waals surface area contributed by atoms with Crippen LogP contribution in [0.15, 0.2) is 29.3 Å². The molecule has 0 bridgehead atoms. The Hall–Kier alpha value is -2.21. The molecule has 1 fully saturated rings. The third-order valence-electron chi connectivity index (χ3n) is 4.58. The number of aryl methyl sites for hydroxylation is 1. The number of rotatable bonds is 4. The number of carbonyl (C=O) groups is 1. The van der Waals surface area contributed by atoms with Crippen LogP contribution < -0.4 is 10.9 Å². The molecule has 1 aromatic heterocycles. The number of carbonyl (C=O) groups excluding carboxylic acids is 1. The maximum Gasteiger partial charge on any atom is 0.261 e. The zero-order chi connectivity index (χ0) is 16.4. The number of amides is 1. The van der Waals surface area contributed by atoms with Crippen LogP contribution in [0.3, 0.4) is 0 Å². The van der Waals surface area contributed by atoms with Gasteiger partial charge in [-0.25, -0.2) is 4.98 Å². The lowest BCUT2D eigenvalue weighted by atomic mass is 10.1. The van der Waals surface area contributed by atoms with Crippen LogP contribution in [0, 0.1) is 6.92 Å². The van der Waals surface area contributed by atoms with Crippen LogP contribution >= 0.6 is 0 Å². The fraction of sp³-hybridized carbons (Fsp3) is 0.471. The van der Waals surface area contributed by atoms with Gasteiger partial charge in [-0.05, 0) is 45.0 Å². The van der Waals surface area contributed by atoms with Gasteiger partial charge in [-0.15, -0.1) is 0 Å². The number of nitrogens with one attached hydrogen (secondary N) is 1. The normalized spacial score (nSPS) is 18.4. The zero-order valence-electron chi connectivity index (χ0n) is 13.6. The van der Waals surface area contributed by atoms with Crippen LogP contribution in [0.5, 0.6) is 0 Å². The Morgan fingerprint density at radius 2 is 2.26 bits per heavy atom. The van der Waals surface area contributed by atoms with Gasteiger partial charge in [-0.3, -0.25) is 14.2 Å². The van der Waals surface area contributed by atoms with E-state index in [0.717, 1.165) is 18.5 Å². The molecule has 6 heteroatoms. The first-order valence-electron chi connectivity index (χ1n) is 7.98. The van der Waals surface area contributed by atoms with E-state index >= 15 is 0 Å². The third kappa shape index (κ3) is 3.27. The molecule has 1 amide bonds. The SMILES string of the molecule is Cc1cccc2c(=O)n(CC(=O)NCC3CCCN3C)cnc12. The van der Waals surface area contributed by atoms with Gasteiger partial charge >= 0.3 is 0 Å². The molecule has 6 nitrogen and oxygen atoms in total. The van der Waals surface area contributed by atoms with Gasteiger partial charge in [0, 0.05) is 12.6 Å². The molecule has 23 heavy (non-hydrogen) atoms. The topological polar surface area (TPSA) is 67.2 Å². The van der Waals surface area contributed by atoms with E-state index in [1.807, 2.05) is 19.1 Å². The molecule has 0 aliphatic carbocycles. The number of hydrogen-bond acceptors (Lipinski definition) is 4. The quantitative estimate of drug-likeness (QED) is 0.911. The minimum absolute atomic E-state index is 0.00610. The summed E-state index contributed by atoms with van der Waals surface area (Å²) in [6.45, 7) is 3.63. The first kappa shape index (κ1) is 15.7. The highest BCUT2D eigenvalue weighted by Crippen LogP contribution is 2.13. The van der Waals surface area contributed by atoms with Crippen molar-refractivity contribution >= 4 is 16.8 Å². The molecule has 3 rings (SSSR count). The van der Waals surface area contributed by atoms with Gasteiger partial charge < -0.3 is 10.2 Å². The average Bonchev–Trinajstić information content (AvgIpc) is 2.94. The van der Waals surface area contributed by atoms with E-state index < -0.39 is 0 Å². The first-order chi connectivity index (χ1) is 11.1. The van der Waals surface area contributed by atoms with Gasteiger partial charge in [0.2, 0.25) is 5.91 Å². The molecule has 1 aromatic carbocycles. The van der Waals surface area contributed by atoms with Gasteiger partial charge in [0.25, 0.3) is 5.56 Å². The van der Waals surface area contributed by atoms with Gasteiger partial charge in [0.05, 0.1) is 17.2 Å². The lowest BCUT2D eigenvalue weighted by Gasteiger charge is -2.19. The summed E-state index contributed by atoms with van der Waals surface area (Å²) in [6.07, 6.45) is 3.73. The maximum atomic E-state index is 12.5. The fourth-order valence-electron chi connectivity index (χ4n) is 3.13. The van der Waals surface area contributed by atoms with E-state index in [0.29, 0.717) is 23.5 Å². The predicted molar refractivity (Wildman–Crippen MR) is 89.4 cm³/mol. The van der Waals surface area contributed by atoms with E-state index in [1.54, 1.807) is 6.07 Å². The second-order valence-electron chi connectivity index (χ2n) is 6.23. The summed E-state index contributed by atoms with van der Waals surface area (Å²) in [5, 5.41) is 3.47. The standard InChI is InChI=1S/C17H22N4O2/c1-12-5-3-7-14-16(12)19-11-21(17(14)23)10-15(22)18-9-13-6-4-8-20(13)2/h3,5,7,11,13H,4,6,8-10H2,1-2H3,(H,18,22). The van der Waals surface area contributed by atoms with Crippen LogP contribution in [0.1, 0.15) is 18.4 Å². The van der Waals surface area contributed by atoms with Crippen molar-refractivity contribution in [2.75, 3.05) is 20.1 Å². The molecule has 0 saturated carbocycles. The second-order valence-corrected chi connectivity index (χ2v) is 6.23. The summed E-state index contributed by atoms with van der Waals surface area (Å²) in [6, 6.07) is 5.90. The van der Waals surface area contributed by atoms with E-state index in [9.17, 15) is 9.59 Å².